The van der Waals surface area contributed by atoms with E-state index in [2.05, 4.69) is 24.8 Å². The summed E-state index contributed by atoms with van der Waals surface area (Å²) in [6.07, 6.45) is 1.38. The molecule has 2 rings (SSSR count). The van der Waals surface area contributed by atoms with E-state index >= 15 is 0 Å². The number of halogens is 2. The molecule has 0 saturated carbocycles. The number of benzene rings is 1. The van der Waals surface area contributed by atoms with Crippen LogP contribution in [0.4, 0.5) is 20.7 Å². The van der Waals surface area contributed by atoms with Gasteiger partial charge in [-0.1, -0.05) is 5.16 Å². The molecule has 2 aromatic rings. The van der Waals surface area contributed by atoms with Gasteiger partial charge in [0.25, 0.3) is 0 Å². The Labute approximate surface area is 148 Å². The normalized spacial score (nSPS) is 11.0. The van der Waals surface area contributed by atoms with Crippen LogP contribution in [-0.2, 0) is 11.4 Å². The number of nitrogen functional groups attached to an aromatic ring is 1. The lowest BCUT2D eigenvalue weighted by Gasteiger charge is -2.11. The Kier molecular flexibility index (Phi) is 6.42. The Morgan fingerprint density at radius 1 is 1.23 bits per heavy atom. The van der Waals surface area contributed by atoms with Gasteiger partial charge in [0.15, 0.2) is 23.9 Å². The van der Waals surface area contributed by atoms with Gasteiger partial charge in [-0.2, -0.15) is 23.7 Å². The Bertz CT molecular complexity index is 773. The average molecular weight is 368 g/mol. The molecule has 0 saturated heterocycles. The van der Waals surface area contributed by atoms with Gasteiger partial charge in [-0.3, -0.25) is 0 Å². The maximum atomic E-state index is 12.3. The molecule has 0 radical (unpaired) electrons. The van der Waals surface area contributed by atoms with Crippen molar-refractivity contribution in [3.8, 4) is 11.5 Å². The summed E-state index contributed by atoms with van der Waals surface area (Å²) < 4.78 is 34.0. The molecule has 140 valence electrons. The third kappa shape index (κ3) is 5.40. The number of alkyl halides is 2. The number of ether oxygens (including phenoxy) is 2. The zero-order chi connectivity index (χ0) is 19.1. The standard InChI is InChI=1S/C15H18F2N6O3/c1-23(2)15-21-12(20-14(18)22-15)8-25-19-7-9-4-5-10(26-13(16)17)11(6-9)24-3/h4-7,13H,8H2,1-3H3,(H2,18,20,21,22)/b19-7+. The van der Waals surface area contributed by atoms with Crippen LogP contribution in [0.25, 0.3) is 0 Å². The smallest absolute Gasteiger partial charge is 0.387 e. The lowest BCUT2D eigenvalue weighted by Crippen LogP contribution is -2.16. The highest BCUT2D eigenvalue weighted by atomic mass is 19.3. The van der Waals surface area contributed by atoms with Crippen molar-refractivity contribution in [1.82, 2.24) is 15.0 Å². The first-order valence-electron chi connectivity index (χ1n) is 7.35. The third-order valence-corrected chi connectivity index (χ3v) is 2.96. The number of hydrogen-bond donors (Lipinski definition) is 1. The van der Waals surface area contributed by atoms with Crippen molar-refractivity contribution in [2.75, 3.05) is 31.8 Å². The van der Waals surface area contributed by atoms with Crippen LogP contribution >= 0.6 is 0 Å². The first-order chi connectivity index (χ1) is 12.4. The van der Waals surface area contributed by atoms with E-state index in [4.69, 9.17) is 15.3 Å². The molecule has 0 aliphatic carbocycles. The molecule has 9 nitrogen and oxygen atoms in total. The molecule has 0 aliphatic heterocycles. The van der Waals surface area contributed by atoms with Gasteiger partial charge < -0.3 is 24.9 Å². The Morgan fingerprint density at radius 2 is 2.00 bits per heavy atom. The van der Waals surface area contributed by atoms with Crippen molar-refractivity contribution in [1.29, 1.82) is 0 Å². The van der Waals surface area contributed by atoms with Crippen molar-refractivity contribution in [3.63, 3.8) is 0 Å². The molecule has 0 bridgehead atoms. The zero-order valence-electron chi connectivity index (χ0n) is 14.4. The van der Waals surface area contributed by atoms with E-state index in [0.29, 0.717) is 17.3 Å². The minimum Gasteiger partial charge on any atom is -0.493 e. The van der Waals surface area contributed by atoms with E-state index in [0.717, 1.165) is 0 Å². The fraction of sp³-hybridized carbons (Fsp3) is 0.333. The quantitative estimate of drug-likeness (QED) is 0.554. The van der Waals surface area contributed by atoms with E-state index in [1.807, 2.05) is 0 Å². The van der Waals surface area contributed by atoms with Gasteiger partial charge in [0.1, 0.15) is 0 Å². The summed E-state index contributed by atoms with van der Waals surface area (Å²) in [5.41, 5.74) is 6.17. The second kappa shape index (κ2) is 8.74. The lowest BCUT2D eigenvalue weighted by atomic mass is 10.2. The third-order valence-electron chi connectivity index (χ3n) is 2.96. The number of hydrogen-bond acceptors (Lipinski definition) is 9. The van der Waals surface area contributed by atoms with Crippen LogP contribution < -0.4 is 20.1 Å². The largest absolute Gasteiger partial charge is 0.493 e. The van der Waals surface area contributed by atoms with E-state index in [-0.39, 0.29) is 24.1 Å². The topological polar surface area (TPSA) is 108 Å². The second-order valence-corrected chi connectivity index (χ2v) is 5.10. The van der Waals surface area contributed by atoms with E-state index < -0.39 is 6.61 Å². The molecule has 1 aromatic carbocycles. The molecule has 11 heteroatoms. The first kappa shape index (κ1) is 19.1. The SMILES string of the molecule is COc1cc(/C=N/OCc2nc(N)nc(N(C)C)n2)ccc1OC(F)F. The van der Waals surface area contributed by atoms with Crippen molar-refractivity contribution in [2.45, 2.75) is 13.2 Å². The summed E-state index contributed by atoms with van der Waals surface area (Å²) in [5.74, 6) is 0.870. The molecule has 0 aliphatic rings. The first-order valence-corrected chi connectivity index (χ1v) is 7.35. The number of nitrogens with zero attached hydrogens (tertiary/aromatic N) is 5. The van der Waals surface area contributed by atoms with Crippen molar-refractivity contribution in [2.24, 2.45) is 5.16 Å². The van der Waals surface area contributed by atoms with Gasteiger partial charge in [-0.25, -0.2) is 0 Å². The van der Waals surface area contributed by atoms with E-state index in [1.165, 1.54) is 31.5 Å². The fourth-order valence-corrected chi connectivity index (χ4v) is 1.84. The summed E-state index contributed by atoms with van der Waals surface area (Å²) in [6.45, 7) is -2.96. The number of aromatic nitrogens is 3. The van der Waals surface area contributed by atoms with Crippen LogP contribution in [0.15, 0.2) is 23.4 Å². The van der Waals surface area contributed by atoms with Crippen LogP contribution in [0.5, 0.6) is 11.5 Å². The molecule has 0 atom stereocenters. The highest BCUT2D eigenvalue weighted by Crippen LogP contribution is 2.28. The van der Waals surface area contributed by atoms with Gasteiger partial charge >= 0.3 is 6.61 Å². The van der Waals surface area contributed by atoms with E-state index in [1.54, 1.807) is 19.0 Å². The minimum atomic E-state index is -2.94. The molecule has 0 fully saturated rings. The van der Waals surface area contributed by atoms with Crippen LogP contribution in [0.3, 0.4) is 0 Å². The zero-order valence-corrected chi connectivity index (χ0v) is 14.4. The number of rotatable bonds is 8. The van der Waals surface area contributed by atoms with Crippen molar-refractivity contribution in [3.05, 3.63) is 29.6 Å². The second-order valence-electron chi connectivity index (χ2n) is 5.10. The molecular weight excluding hydrogens is 350 g/mol. The van der Waals surface area contributed by atoms with Crippen LogP contribution in [-0.4, -0.2) is 49.0 Å². The molecule has 0 unspecified atom stereocenters. The summed E-state index contributed by atoms with van der Waals surface area (Å²) in [4.78, 5) is 18.9. The van der Waals surface area contributed by atoms with Gasteiger partial charge in [0.2, 0.25) is 11.9 Å². The fourth-order valence-electron chi connectivity index (χ4n) is 1.84. The Balaban J connectivity index is 2.00. The van der Waals surface area contributed by atoms with Gasteiger partial charge in [0, 0.05) is 19.7 Å². The monoisotopic (exact) mass is 368 g/mol. The van der Waals surface area contributed by atoms with Crippen molar-refractivity contribution < 1.29 is 23.1 Å². The van der Waals surface area contributed by atoms with Crippen LogP contribution in [0.1, 0.15) is 11.4 Å². The highest BCUT2D eigenvalue weighted by molar-refractivity contribution is 5.80. The molecule has 1 aromatic heterocycles. The summed E-state index contributed by atoms with van der Waals surface area (Å²) >= 11 is 0. The predicted octanol–water partition coefficient (Wildman–Crippen LogP) is 1.68. The molecule has 1 heterocycles. The molecule has 26 heavy (non-hydrogen) atoms. The predicted molar refractivity (Wildman–Crippen MR) is 90.6 cm³/mol. The molecular formula is C15H18F2N6O3. The van der Waals surface area contributed by atoms with Crippen LogP contribution in [0.2, 0.25) is 0 Å². The minimum absolute atomic E-state index is 0.0201. The molecule has 2 N–H and O–H groups in total. The summed E-state index contributed by atoms with van der Waals surface area (Å²) in [7, 11) is 4.89. The Morgan fingerprint density at radius 3 is 2.65 bits per heavy atom. The maximum Gasteiger partial charge on any atom is 0.387 e. The summed E-state index contributed by atoms with van der Waals surface area (Å²) in [5, 5.41) is 3.78. The average Bonchev–Trinajstić information content (AvgIpc) is 2.58. The maximum absolute atomic E-state index is 12.3. The Hall–Kier alpha value is -3.24. The summed E-state index contributed by atoms with van der Waals surface area (Å²) in [6, 6.07) is 4.36. The number of oxime groups is 1. The van der Waals surface area contributed by atoms with Gasteiger partial charge in [-0.15, -0.1) is 0 Å². The van der Waals surface area contributed by atoms with Gasteiger partial charge in [-0.05, 0) is 18.2 Å². The number of nitrogens with two attached hydrogens (primary N) is 1. The van der Waals surface area contributed by atoms with Gasteiger partial charge in [0.05, 0.1) is 13.3 Å². The highest BCUT2D eigenvalue weighted by Gasteiger charge is 2.10. The lowest BCUT2D eigenvalue weighted by molar-refractivity contribution is -0.0512. The number of anilines is 2. The van der Waals surface area contributed by atoms with Crippen LogP contribution in [0, 0.1) is 0 Å². The van der Waals surface area contributed by atoms with Crippen molar-refractivity contribution >= 4 is 18.1 Å². The van der Waals surface area contributed by atoms with E-state index in [9.17, 15) is 8.78 Å². The molecule has 0 amide bonds. The number of methoxy groups -OCH3 is 1. The molecule has 0 spiro atoms.